The summed E-state index contributed by atoms with van der Waals surface area (Å²) in [6.45, 7) is 0. The van der Waals surface area contributed by atoms with E-state index in [-0.39, 0.29) is 6.42 Å². The molecule has 0 saturated heterocycles. The molecule has 2 aromatic heterocycles. The highest BCUT2D eigenvalue weighted by molar-refractivity contribution is 5.81. The van der Waals surface area contributed by atoms with Gasteiger partial charge in [0.15, 0.2) is 5.82 Å². The van der Waals surface area contributed by atoms with Gasteiger partial charge in [-0.1, -0.05) is 12.1 Å². The number of nitrogens with zero attached hydrogens (tertiary/aromatic N) is 2. The predicted molar refractivity (Wildman–Crippen MR) is 70.7 cm³/mol. The van der Waals surface area contributed by atoms with Crippen LogP contribution >= 0.6 is 0 Å². The summed E-state index contributed by atoms with van der Waals surface area (Å²) in [5.74, 6) is -0.160. The lowest BCUT2D eigenvalue weighted by Gasteiger charge is -1.95. The second-order valence-corrected chi connectivity index (χ2v) is 4.22. The molecule has 0 aliphatic heterocycles. The summed E-state index contributed by atoms with van der Waals surface area (Å²) in [5.41, 5.74) is 3.13. The Bertz CT molecular complexity index is 735. The summed E-state index contributed by atoms with van der Waals surface area (Å²) in [5, 5.41) is 8.79. The monoisotopic (exact) mass is 253 g/mol. The molecule has 2 N–H and O–H groups in total. The van der Waals surface area contributed by atoms with Crippen molar-refractivity contribution >= 4 is 17.0 Å². The van der Waals surface area contributed by atoms with Crippen LogP contribution in [0, 0.1) is 0 Å². The minimum atomic E-state index is -0.844. The van der Waals surface area contributed by atoms with E-state index in [9.17, 15) is 4.79 Å². The Balaban J connectivity index is 2.04. The predicted octanol–water partition coefficient (Wildman–Crippen LogP) is 2.25. The third-order valence-electron chi connectivity index (χ3n) is 2.81. The molecular weight excluding hydrogens is 242 g/mol. The Kier molecular flexibility index (Phi) is 2.72. The molecule has 0 atom stereocenters. The Morgan fingerprint density at radius 2 is 2.16 bits per heavy atom. The average Bonchev–Trinajstić information content (AvgIpc) is 2.82. The van der Waals surface area contributed by atoms with Gasteiger partial charge in [-0.05, 0) is 29.8 Å². The van der Waals surface area contributed by atoms with Crippen molar-refractivity contribution < 1.29 is 9.90 Å². The van der Waals surface area contributed by atoms with Crippen molar-refractivity contribution in [2.75, 3.05) is 0 Å². The van der Waals surface area contributed by atoms with E-state index in [1.807, 2.05) is 30.3 Å². The second kappa shape index (κ2) is 4.53. The number of carboxylic acids is 1. The van der Waals surface area contributed by atoms with Gasteiger partial charge < -0.3 is 10.1 Å². The zero-order chi connectivity index (χ0) is 13.2. The fourth-order valence-corrected chi connectivity index (χ4v) is 1.97. The van der Waals surface area contributed by atoms with Crippen LogP contribution < -0.4 is 0 Å². The van der Waals surface area contributed by atoms with Crippen LogP contribution in [0.1, 0.15) is 5.56 Å². The van der Waals surface area contributed by atoms with E-state index >= 15 is 0 Å². The number of H-pyrrole nitrogens is 1. The molecule has 0 spiro atoms. The number of hydrogen-bond donors (Lipinski definition) is 2. The largest absolute Gasteiger partial charge is 0.481 e. The standard InChI is InChI=1S/C14H11N3O2/c18-13(19)8-9-4-5-10-12(7-9)17-14(16-10)11-3-1-2-6-15-11/h1-7H,8H2,(H,16,17)(H,18,19). The number of aromatic nitrogens is 3. The van der Waals surface area contributed by atoms with Crippen LogP contribution in [-0.2, 0) is 11.2 Å². The van der Waals surface area contributed by atoms with Crippen LogP contribution in [0.5, 0.6) is 0 Å². The van der Waals surface area contributed by atoms with E-state index < -0.39 is 5.97 Å². The summed E-state index contributed by atoms with van der Waals surface area (Å²) >= 11 is 0. The van der Waals surface area contributed by atoms with Gasteiger partial charge in [-0.15, -0.1) is 0 Å². The van der Waals surface area contributed by atoms with E-state index in [2.05, 4.69) is 15.0 Å². The maximum atomic E-state index is 10.7. The molecule has 3 aromatic rings. The van der Waals surface area contributed by atoms with Crippen molar-refractivity contribution in [1.82, 2.24) is 15.0 Å². The number of pyridine rings is 1. The number of benzene rings is 1. The molecule has 0 aliphatic carbocycles. The maximum absolute atomic E-state index is 10.7. The number of imidazole rings is 1. The van der Waals surface area contributed by atoms with Gasteiger partial charge >= 0.3 is 5.97 Å². The first-order valence-electron chi connectivity index (χ1n) is 5.84. The zero-order valence-electron chi connectivity index (χ0n) is 10.00. The minimum absolute atomic E-state index is 0.00782. The summed E-state index contributed by atoms with van der Waals surface area (Å²) < 4.78 is 0. The highest BCUT2D eigenvalue weighted by Gasteiger charge is 2.07. The summed E-state index contributed by atoms with van der Waals surface area (Å²) in [6, 6.07) is 11.0. The van der Waals surface area contributed by atoms with Gasteiger partial charge in [-0.3, -0.25) is 9.78 Å². The fraction of sp³-hybridized carbons (Fsp3) is 0.0714. The van der Waals surface area contributed by atoms with Crippen LogP contribution in [0.4, 0.5) is 0 Å². The van der Waals surface area contributed by atoms with E-state index in [0.717, 1.165) is 22.3 Å². The molecule has 0 aliphatic rings. The molecule has 5 nitrogen and oxygen atoms in total. The molecule has 0 saturated carbocycles. The molecule has 0 unspecified atom stereocenters. The number of nitrogens with one attached hydrogen (secondary N) is 1. The van der Waals surface area contributed by atoms with Crippen LogP contribution in [0.25, 0.3) is 22.6 Å². The Labute approximate surface area is 109 Å². The lowest BCUT2D eigenvalue weighted by atomic mass is 10.1. The van der Waals surface area contributed by atoms with Crippen molar-refractivity contribution in [2.45, 2.75) is 6.42 Å². The quantitative estimate of drug-likeness (QED) is 0.750. The molecule has 0 fully saturated rings. The third-order valence-corrected chi connectivity index (χ3v) is 2.81. The topological polar surface area (TPSA) is 78.9 Å². The van der Waals surface area contributed by atoms with Crippen molar-refractivity contribution in [2.24, 2.45) is 0 Å². The first kappa shape index (κ1) is 11.4. The van der Waals surface area contributed by atoms with Gasteiger partial charge in [0, 0.05) is 6.20 Å². The Morgan fingerprint density at radius 3 is 2.89 bits per heavy atom. The third kappa shape index (κ3) is 2.30. The van der Waals surface area contributed by atoms with E-state index in [1.165, 1.54) is 0 Å². The number of hydrogen-bond acceptors (Lipinski definition) is 3. The normalized spacial score (nSPS) is 10.7. The fourth-order valence-electron chi connectivity index (χ4n) is 1.97. The Hall–Kier alpha value is -2.69. The van der Waals surface area contributed by atoms with Crippen molar-refractivity contribution in [3.8, 4) is 11.5 Å². The minimum Gasteiger partial charge on any atom is -0.481 e. The molecule has 19 heavy (non-hydrogen) atoms. The molecule has 1 aromatic carbocycles. The SMILES string of the molecule is O=C(O)Cc1ccc2nc(-c3ccccn3)[nH]c2c1. The lowest BCUT2D eigenvalue weighted by molar-refractivity contribution is -0.136. The van der Waals surface area contributed by atoms with Crippen molar-refractivity contribution in [3.63, 3.8) is 0 Å². The van der Waals surface area contributed by atoms with E-state index in [0.29, 0.717) is 5.82 Å². The number of carbonyl (C=O) groups is 1. The molecule has 0 radical (unpaired) electrons. The van der Waals surface area contributed by atoms with Crippen molar-refractivity contribution in [3.05, 3.63) is 48.2 Å². The summed E-state index contributed by atoms with van der Waals surface area (Å²) in [4.78, 5) is 22.5. The average molecular weight is 253 g/mol. The van der Waals surface area contributed by atoms with Crippen LogP contribution in [0.3, 0.4) is 0 Å². The molecule has 2 heterocycles. The van der Waals surface area contributed by atoms with Gasteiger partial charge in [-0.2, -0.15) is 0 Å². The molecule has 5 heteroatoms. The summed E-state index contributed by atoms with van der Waals surface area (Å²) in [7, 11) is 0. The lowest BCUT2D eigenvalue weighted by Crippen LogP contribution is -1.99. The molecule has 0 bridgehead atoms. The van der Waals surface area contributed by atoms with Crippen LogP contribution in [-0.4, -0.2) is 26.0 Å². The molecule has 94 valence electrons. The molecule has 0 amide bonds. The molecular formula is C14H11N3O2. The van der Waals surface area contributed by atoms with Gasteiger partial charge in [0.2, 0.25) is 0 Å². The highest BCUT2D eigenvalue weighted by atomic mass is 16.4. The first-order valence-corrected chi connectivity index (χ1v) is 5.84. The van der Waals surface area contributed by atoms with Gasteiger partial charge in [0.1, 0.15) is 5.69 Å². The second-order valence-electron chi connectivity index (χ2n) is 4.22. The highest BCUT2D eigenvalue weighted by Crippen LogP contribution is 2.19. The number of fused-ring (bicyclic) bond motifs is 1. The van der Waals surface area contributed by atoms with Gasteiger partial charge in [0.05, 0.1) is 17.5 Å². The first-order chi connectivity index (χ1) is 9.22. The number of aromatic amines is 1. The van der Waals surface area contributed by atoms with Gasteiger partial charge in [-0.25, -0.2) is 4.98 Å². The number of rotatable bonds is 3. The van der Waals surface area contributed by atoms with Gasteiger partial charge in [0.25, 0.3) is 0 Å². The van der Waals surface area contributed by atoms with Crippen LogP contribution in [0.15, 0.2) is 42.6 Å². The Morgan fingerprint density at radius 1 is 1.26 bits per heavy atom. The maximum Gasteiger partial charge on any atom is 0.307 e. The van der Waals surface area contributed by atoms with E-state index in [1.54, 1.807) is 12.3 Å². The van der Waals surface area contributed by atoms with Crippen molar-refractivity contribution in [1.29, 1.82) is 0 Å². The smallest absolute Gasteiger partial charge is 0.307 e. The van der Waals surface area contributed by atoms with Crippen LogP contribution in [0.2, 0.25) is 0 Å². The zero-order valence-corrected chi connectivity index (χ0v) is 10.00. The summed E-state index contributed by atoms with van der Waals surface area (Å²) in [6.07, 6.45) is 1.71. The van der Waals surface area contributed by atoms with E-state index in [4.69, 9.17) is 5.11 Å². The molecule has 3 rings (SSSR count). The number of carboxylic acid groups (broad SMARTS) is 1. The number of aliphatic carboxylic acids is 1.